The molecule has 0 saturated heterocycles. The van der Waals surface area contributed by atoms with Gasteiger partial charge in [-0.1, -0.05) is 11.6 Å². The van der Waals surface area contributed by atoms with Crippen LogP contribution in [0.5, 0.6) is 0 Å². The molecule has 0 aliphatic carbocycles. The largest absolute Gasteiger partial charge is 0.393 e. The van der Waals surface area contributed by atoms with Gasteiger partial charge in [0.05, 0.1) is 6.10 Å². The van der Waals surface area contributed by atoms with E-state index in [2.05, 4.69) is 20.9 Å². The molecule has 0 amide bonds. The topological polar surface area (TPSA) is 33.1 Å². The molecular formula is C8H9BrClNO. The fraction of sp³-hybridized carbons (Fsp3) is 0.375. The summed E-state index contributed by atoms with van der Waals surface area (Å²) in [7, 11) is 0. The molecule has 12 heavy (non-hydrogen) atoms. The van der Waals surface area contributed by atoms with E-state index in [9.17, 15) is 0 Å². The van der Waals surface area contributed by atoms with Crippen LogP contribution in [0.15, 0.2) is 16.7 Å². The van der Waals surface area contributed by atoms with Crippen LogP contribution in [-0.2, 0) is 6.42 Å². The van der Waals surface area contributed by atoms with E-state index in [1.165, 1.54) is 0 Å². The van der Waals surface area contributed by atoms with E-state index in [0.717, 1.165) is 10.0 Å². The van der Waals surface area contributed by atoms with Crippen LogP contribution in [0.25, 0.3) is 0 Å². The summed E-state index contributed by atoms with van der Waals surface area (Å²) >= 11 is 9.08. The van der Waals surface area contributed by atoms with Crippen molar-refractivity contribution in [3.8, 4) is 0 Å². The first-order chi connectivity index (χ1) is 5.59. The maximum atomic E-state index is 9.12. The fourth-order valence-electron chi connectivity index (χ4n) is 0.926. The van der Waals surface area contributed by atoms with Crippen LogP contribution in [0.1, 0.15) is 12.5 Å². The minimum absolute atomic E-state index is 0.390. The molecule has 0 saturated carbocycles. The van der Waals surface area contributed by atoms with Gasteiger partial charge in [0.25, 0.3) is 0 Å². The molecule has 0 bridgehead atoms. The van der Waals surface area contributed by atoms with Gasteiger partial charge in [-0.2, -0.15) is 0 Å². The molecule has 1 N–H and O–H groups in total. The van der Waals surface area contributed by atoms with E-state index in [0.29, 0.717) is 11.6 Å². The van der Waals surface area contributed by atoms with Crippen molar-refractivity contribution in [1.29, 1.82) is 0 Å². The van der Waals surface area contributed by atoms with Crippen LogP contribution in [0, 0.1) is 0 Å². The lowest BCUT2D eigenvalue weighted by atomic mass is 10.1. The normalized spacial score (nSPS) is 13.0. The van der Waals surface area contributed by atoms with Gasteiger partial charge in [0.2, 0.25) is 0 Å². The third kappa shape index (κ3) is 2.73. The second-order valence-corrected chi connectivity index (χ2v) is 3.93. The van der Waals surface area contributed by atoms with Gasteiger partial charge in [-0.05, 0) is 34.5 Å². The predicted octanol–water partition coefficient (Wildman–Crippen LogP) is 2.42. The van der Waals surface area contributed by atoms with Gasteiger partial charge in [0, 0.05) is 17.1 Å². The number of aromatic nitrogens is 1. The summed E-state index contributed by atoms with van der Waals surface area (Å²) in [4.78, 5) is 3.94. The number of aliphatic hydroxyl groups is 1. The Morgan fingerprint density at radius 2 is 2.42 bits per heavy atom. The summed E-state index contributed by atoms with van der Waals surface area (Å²) < 4.78 is 0.877. The number of hydrogen-bond acceptors (Lipinski definition) is 2. The lowest BCUT2D eigenvalue weighted by Gasteiger charge is -2.05. The highest BCUT2D eigenvalue weighted by molar-refractivity contribution is 9.10. The summed E-state index contributed by atoms with van der Waals surface area (Å²) in [5, 5.41) is 9.58. The van der Waals surface area contributed by atoms with E-state index in [1.807, 2.05) is 6.07 Å². The zero-order chi connectivity index (χ0) is 9.14. The lowest BCUT2D eigenvalue weighted by Crippen LogP contribution is -2.05. The van der Waals surface area contributed by atoms with E-state index >= 15 is 0 Å². The quantitative estimate of drug-likeness (QED) is 0.818. The number of halogens is 2. The molecule has 0 fully saturated rings. The highest BCUT2D eigenvalue weighted by Crippen LogP contribution is 2.19. The second kappa shape index (κ2) is 4.21. The molecule has 0 unspecified atom stereocenters. The maximum Gasteiger partial charge on any atom is 0.132 e. The van der Waals surface area contributed by atoms with Crippen LogP contribution < -0.4 is 0 Å². The van der Waals surface area contributed by atoms with E-state index in [-0.39, 0.29) is 0 Å². The predicted molar refractivity (Wildman–Crippen MR) is 52.3 cm³/mol. The Kier molecular flexibility index (Phi) is 3.50. The SMILES string of the molecule is C[C@H](O)Cc1cc(Br)cnc1Cl. The minimum atomic E-state index is -0.390. The molecule has 0 aliphatic rings. The molecule has 1 atom stereocenters. The first kappa shape index (κ1) is 9.96. The molecule has 1 aromatic rings. The van der Waals surface area contributed by atoms with Crippen molar-refractivity contribution in [3.63, 3.8) is 0 Å². The van der Waals surface area contributed by atoms with E-state index < -0.39 is 6.10 Å². The van der Waals surface area contributed by atoms with Crippen molar-refractivity contribution in [3.05, 3.63) is 27.5 Å². The van der Waals surface area contributed by atoms with Crippen molar-refractivity contribution in [2.75, 3.05) is 0 Å². The highest BCUT2D eigenvalue weighted by atomic mass is 79.9. The van der Waals surface area contributed by atoms with Gasteiger partial charge in [-0.15, -0.1) is 0 Å². The number of aliphatic hydroxyl groups excluding tert-OH is 1. The van der Waals surface area contributed by atoms with Crippen molar-refractivity contribution >= 4 is 27.5 Å². The first-order valence-electron chi connectivity index (χ1n) is 3.57. The Bertz CT molecular complexity index is 278. The molecule has 0 radical (unpaired) electrons. The fourth-order valence-corrected chi connectivity index (χ4v) is 1.49. The molecule has 0 spiro atoms. The Hall–Kier alpha value is -0.120. The Morgan fingerprint density at radius 3 is 3.00 bits per heavy atom. The van der Waals surface area contributed by atoms with Gasteiger partial charge in [0.1, 0.15) is 5.15 Å². The molecule has 1 rings (SSSR count). The monoisotopic (exact) mass is 249 g/mol. The molecule has 0 aliphatic heterocycles. The van der Waals surface area contributed by atoms with Crippen molar-refractivity contribution < 1.29 is 5.11 Å². The van der Waals surface area contributed by atoms with Crippen LogP contribution in [0.3, 0.4) is 0 Å². The Morgan fingerprint density at radius 1 is 1.75 bits per heavy atom. The van der Waals surface area contributed by atoms with Crippen LogP contribution >= 0.6 is 27.5 Å². The summed E-state index contributed by atoms with van der Waals surface area (Å²) in [6, 6.07) is 1.86. The molecule has 66 valence electrons. The van der Waals surface area contributed by atoms with Crippen molar-refractivity contribution in [2.45, 2.75) is 19.4 Å². The zero-order valence-electron chi connectivity index (χ0n) is 6.59. The lowest BCUT2D eigenvalue weighted by molar-refractivity contribution is 0.195. The van der Waals surface area contributed by atoms with Gasteiger partial charge in [-0.25, -0.2) is 4.98 Å². The summed E-state index contributed by atoms with van der Waals surface area (Å²) in [6.07, 6.45) is 1.78. The number of hydrogen-bond donors (Lipinski definition) is 1. The molecular weight excluding hydrogens is 241 g/mol. The second-order valence-electron chi connectivity index (χ2n) is 2.66. The van der Waals surface area contributed by atoms with E-state index in [4.69, 9.17) is 16.7 Å². The minimum Gasteiger partial charge on any atom is -0.393 e. The zero-order valence-corrected chi connectivity index (χ0v) is 8.93. The smallest absolute Gasteiger partial charge is 0.132 e. The van der Waals surface area contributed by atoms with Gasteiger partial charge >= 0.3 is 0 Å². The number of pyridine rings is 1. The van der Waals surface area contributed by atoms with E-state index in [1.54, 1.807) is 13.1 Å². The van der Waals surface area contributed by atoms with Gasteiger partial charge < -0.3 is 5.11 Å². The van der Waals surface area contributed by atoms with Crippen LogP contribution in [-0.4, -0.2) is 16.2 Å². The average molecular weight is 251 g/mol. The molecule has 2 nitrogen and oxygen atoms in total. The average Bonchev–Trinajstić information content (AvgIpc) is 1.96. The Labute approximate surface area is 84.7 Å². The van der Waals surface area contributed by atoms with Gasteiger partial charge in [-0.3, -0.25) is 0 Å². The Balaban J connectivity index is 2.90. The molecule has 4 heteroatoms. The van der Waals surface area contributed by atoms with Crippen LogP contribution in [0.4, 0.5) is 0 Å². The third-order valence-corrected chi connectivity index (χ3v) is 2.17. The summed E-state index contributed by atoms with van der Waals surface area (Å²) in [5.41, 5.74) is 0.862. The molecule has 1 heterocycles. The van der Waals surface area contributed by atoms with Gasteiger partial charge in [0.15, 0.2) is 0 Å². The highest BCUT2D eigenvalue weighted by Gasteiger charge is 2.05. The summed E-state index contributed by atoms with van der Waals surface area (Å²) in [5.74, 6) is 0. The van der Waals surface area contributed by atoms with Crippen molar-refractivity contribution in [1.82, 2.24) is 4.98 Å². The molecule has 0 aromatic carbocycles. The standard InChI is InChI=1S/C8H9BrClNO/c1-5(12)2-6-3-7(9)4-11-8(6)10/h3-5,12H,2H2,1H3/t5-/m0/s1. The maximum absolute atomic E-state index is 9.12. The number of rotatable bonds is 2. The van der Waals surface area contributed by atoms with Crippen molar-refractivity contribution in [2.24, 2.45) is 0 Å². The third-order valence-electron chi connectivity index (χ3n) is 1.39. The first-order valence-corrected chi connectivity index (χ1v) is 4.74. The number of nitrogens with zero attached hydrogens (tertiary/aromatic N) is 1. The van der Waals surface area contributed by atoms with Crippen LogP contribution in [0.2, 0.25) is 5.15 Å². The summed E-state index contributed by atoms with van der Waals surface area (Å²) in [6.45, 7) is 1.72. The molecule has 1 aromatic heterocycles.